The molecule has 0 aliphatic carbocycles. The van der Waals surface area contributed by atoms with Crippen molar-refractivity contribution in [2.24, 2.45) is 5.92 Å². The normalized spacial score (nSPS) is 23.3. The van der Waals surface area contributed by atoms with E-state index in [1.165, 1.54) is 12.3 Å². The summed E-state index contributed by atoms with van der Waals surface area (Å²) >= 11 is 0. The van der Waals surface area contributed by atoms with E-state index in [1.54, 1.807) is 0 Å². The fourth-order valence-corrected chi connectivity index (χ4v) is 2.41. The number of carboxylic acid groups (broad SMARTS) is 1. The average Bonchev–Trinajstić information content (AvgIpc) is 2.70. The summed E-state index contributed by atoms with van der Waals surface area (Å²) in [4.78, 5) is 17.2. The van der Waals surface area contributed by atoms with E-state index in [4.69, 9.17) is 5.73 Å². The number of hydrogen-bond donors (Lipinski definition) is 3. The molecule has 0 radical (unpaired) electrons. The molecule has 0 bridgehead atoms. The van der Waals surface area contributed by atoms with Crippen LogP contribution < -0.4 is 10.6 Å². The van der Waals surface area contributed by atoms with E-state index in [2.05, 4.69) is 4.98 Å². The number of rotatable bonds is 3. The van der Waals surface area contributed by atoms with Crippen LogP contribution in [-0.2, 0) is 0 Å². The van der Waals surface area contributed by atoms with Crippen molar-refractivity contribution in [3.63, 3.8) is 0 Å². The number of aliphatic hydroxyl groups excluding tert-OH is 1. The Labute approximate surface area is 105 Å². The first-order chi connectivity index (χ1) is 8.54. The van der Waals surface area contributed by atoms with Crippen LogP contribution in [-0.4, -0.2) is 40.4 Å². The molecule has 1 aliphatic rings. The van der Waals surface area contributed by atoms with Gasteiger partial charge in [0.15, 0.2) is 0 Å². The zero-order valence-corrected chi connectivity index (χ0v) is 10.2. The Bertz CT molecular complexity index is 464. The van der Waals surface area contributed by atoms with Crippen LogP contribution >= 0.6 is 0 Å². The third-order valence-corrected chi connectivity index (χ3v) is 3.46. The highest BCUT2D eigenvalue weighted by molar-refractivity contribution is 5.94. The van der Waals surface area contributed by atoms with Gasteiger partial charge in [0, 0.05) is 6.54 Å². The molecular formula is C12H17N3O3. The van der Waals surface area contributed by atoms with Gasteiger partial charge in [0.1, 0.15) is 11.4 Å². The standard InChI is InChI=1S/C12H17N3O3/c1-7-2-3-15(10(7)6-16)11-9(12(17)18)4-8(13)5-14-11/h4-5,7,10,16H,2-3,6,13H2,1H3,(H,17,18). The lowest BCUT2D eigenvalue weighted by Crippen LogP contribution is -2.36. The Hall–Kier alpha value is -1.82. The summed E-state index contributed by atoms with van der Waals surface area (Å²) in [5.74, 6) is -0.350. The maximum Gasteiger partial charge on any atom is 0.339 e. The van der Waals surface area contributed by atoms with Crippen LogP contribution in [0, 0.1) is 5.92 Å². The fraction of sp³-hybridized carbons (Fsp3) is 0.500. The number of aromatic nitrogens is 1. The van der Waals surface area contributed by atoms with Crippen LogP contribution in [0.1, 0.15) is 23.7 Å². The molecule has 0 amide bonds. The van der Waals surface area contributed by atoms with Gasteiger partial charge in [-0.15, -0.1) is 0 Å². The largest absolute Gasteiger partial charge is 0.478 e. The van der Waals surface area contributed by atoms with E-state index in [9.17, 15) is 15.0 Å². The molecule has 18 heavy (non-hydrogen) atoms. The van der Waals surface area contributed by atoms with Crippen LogP contribution in [0.5, 0.6) is 0 Å². The number of carbonyl (C=O) groups is 1. The number of aliphatic hydroxyl groups is 1. The van der Waals surface area contributed by atoms with Gasteiger partial charge < -0.3 is 20.8 Å². The van der Waals surface area contributed by atoms with Crippen LogP contribution in [0.4, 0.5) is 11.5 Å². The molecule has 0 saturated carbocycles. The van der Waals surface area contributed by atoms with Gasteiger partial charge in [-0.3, -0.25) is 0 Å². The molecule has 0 aromatic carbocycles. The summed E-state index contributed by atoms with van der Waals surface area (Å²) in [7, 11) is 0. The monoisotopic (exact) mass is 251 g/mol. The second-order valence-corrected chi connectivity index (χ2v) is 4.65. The topological polar surface area (TPSA) is 99.7 Å². The zero-order valence-electron chi connectivity index (χ0n) is 10.2. The number of hydrogen-bond acceptors (Lipinski definition) is 5. The van der Waals surface area contributed by atoms with E-state index < -0.39 is 5.97 Å². The minimum Gasteiger partial charge on any atom is -0.478 e. The molecule has 2 atom stereocenters. The van der Waals surface area contributed by atoms with Gasteiger partial charge in [-0.2, -0.15) is 0 Å². The van der Waals surface area contributed by atoms with Gasteiger partial charge in [-0.05, 0) is 18.4 Å². The zero-order chi connectivity index (χ0) is 13.3. The lowest BCUT2D eigenvalue weighted by Gasteiger charge is -2.27. The van der Waals surface area contributed by atoms with Crippen molar-refractivity contribution in [2.75, 3.05) is 23.8 Å². The maximum absolute atomic E-state index is 11.2. The van der Waals surface area contributed by atoms with Gasteiger partial charge in [-0.1, -0.05) is 6.92 Å². The quantitative estimate of drug-likeness (QED) is 0.726. The third kappa shape index (κ3) is 2.11. The molecule has 1 aromatic heterocycles. The van der Waals surface area contributed by atoms with E-state index >= 15 is 0 Å². The molecule has 98 valence electrons. The first kappa shape index (κ1) is 12.6. The van der Waals surface area contributed by atoms with Crippen LogP contribution in [0.15, 0.2) is 12.3 Å². The summed E-state index contributed by atoms with van der Waals surface area (Å²) in [6.45, 7) is 2.73. The molecule has 1 aliphatic heterocycles. The van der Waals surface area contributed by atoms with Crippen LogP contribution in [0.25, 0.3) is 0 Å². The van der Waals surface area contributed by atoms with E-state index in [0.717, 1.165) is 6.42 Å². The van der Waals surface area contributed by atoms with Crippen molar-refractivity contribution >= 4 is 17.5 Å². The van der Waals surface area contributed by atoms with Gasteiger partial charge in [-0.25, -0.2) is 9.78 Å². The van der Waals surface area contributed by atoms with E-state index in [0.29, 0.717) is 24.0 Å². The molecule has 2 unspecified atom stereocenters. The van der Waals surface area contributed by atoms with E-state index in [-0.39, 0.29) is 18.2 Å². The van der Waals surface area contributed by atoms with Gasteiger partial charge in [0.2, 0.25) is 0 Å². The minimum absolute atomic E-state index is 0.00766. The summed E-state index contributed by atoms with van der Waals surface area (Å²) in [5.41, 5.74) is 5.97. The molecule has 0 spiro atoms. The van der Waals surface area contributed by atoms with Crippen molar-refractivity contribution in [3.8, 4) is 0 Å². The number of nitrogens with two attached hydrogens (primary N) is 1. The molecular weight excluding hydrogens is 234 g/mol. The number of anilines is 2. The lowest BCUT2D eigenvalue weighted by molar-refractivity contribution is 0.0697. The van der Waals surface area contributed by atoms with Crippen molar-refractivity contribution in [1.29, 1.82) is 0 Å². The molecule has 4 N–H and O–H groups in total. The molecule has 1 fully saturated rings. The first-order valence-corrected chi connectivity index (χ1v) is 5.91. The summed E-state index contributed by atoms with van der Waals surface area (Å²) in [5, 5.41) is 18.6. The Kier molecular flexibility index (Phi) is 3.38. The number of carboxylic acids is 1. The minimum atomic E-state index is -1.05. The Morgan fingerprint density at radius 1 is 1.67 bits per heavy atom. The summed E-state index contributed by atoms with van der Waals surface area (Å²) in [6.07, 6.45) is 2.36. The molecule has 2 rings (SSSR count). The van der Waals surface area contributed by atoms with E-state index in [1.807, 2.05) is 11.8 Å². The number of aromatic carboxylic acids is 1. The molecule has 1 aromatic rings. The molecule has 2 heterocycles. The van der Waals surface area contributed by atoms with Crippen LogP contribution in [0.2, 0.25) is 0 Å². The van der Waals surface area contributed by atoms with Gasteiger partial charge in [0.05, 0.1) is 24.5 Å². The SMILES string of the molecule is CC1CCN(c2ncc(N)cc2C(=O)O)C1CO. The number of pyridine rings is 1. The second-order valence-electron chi connectivity index (χ2n) is 4.65. The number of nitrogens with zero attached hydrogens (tertiary/aromatic N) is 2. The fourth-order valence-electron chi connectivity index (χ4n) is 2.41. The van der Waals surface area contributed by atoms with Crippen molar-refractivity contribution in [2.45, 2.75) is 19.4 Å². The summed E-state index contributed by atoms with van der Waals surface area (Å²) < 4.78 is 0. The highest BCUT2D eigenvalue weighted by Gasteiger charge is 2.33. The smallest absolute Gasteiger partial charge is 0.339 e. The Morgan fingerprint density at radius 2 is 2.39 bits per heavy atom. The van der Waals surface area contributed by atoms with Gasteiger partial charge in [0.25, 0.3) is 0 Å². The summed E-state index contributed by atoms with van der Waals surface area (Å²) in [6, 6.07) is 1.32. The molecule has 6 heteroatoms. The number of nitrogen functional groups attached to an aromatic ring is 1. The highest BCUT2D eigenvalue weighted by atomic mass is 16.4. The Balaban J connectivity index is 2.41. The average molecular weight is 251 g/mol. The van der Waals surface area contributed by atoms with Crippen molar-refractivity contribution in [1.82, 2.24) is 4.98 Å². The van der Waals surface area contributed by atoms with Crippen molar-refractivity contribution < 1.29 is 15.0 Å². The Morgan fingerprint density at radius 3 is 3.00 bits per heavy atom. The predicted molar refractivity (Wildman–Crippen MR) is 67.6 cm³/mol. The van der Waals surface area contributed by atoms with Gasteiger partial charge >= 0.3 is 5.97 Å². The third-order valence-electron chi connectivity index (χ3n) is 3.46. The highest BCUT2D eigenvalue weighted by Crippen LogP contribution is 2.31. The predicted octanol–water partition coefficient (Wildman–Crippen LogP) is 0.569. The second kappa shape index (κ2) is 4.81. The molecule has 1 saturated heterocycles. The van der Waals surface area contributed by atoms with Crippen LogP contribution in [0.3, 0.4) is 0 Å². The van der Waals surface area contributed by atoms with Crippen molar-refractivity contribution in [3.05, 3.63) is 17.8 Å². The molecule has 6 nitrogen and oxygen atoms in total. The first-order valence-electron chi connectivity index (χ1n) is 5.91. The lowest BCUT2D eigenvalue weighted by atomic mass is 10.0. The maximum atomic E-state index is 11.2.